The monoisotopic (exact) mass is 235 g/mol. The summed E-state index contributed by atoms with van der Waals surface area (Å²) >= 11 is 0. The van der Waals surface area contributed by atoms with Crippen molar-refractivity contribution in [2.75, 3.05) is 24.2 Å². The molecular weight excluding hydrogens is 222 g/mol. The number of fused-ring (bicyclic) bond motifs is 1. The standard InChI is InChI=1S/C10H13N5O2/c11-8-1-2-9-7(5-8)6-14-15(9)13-4-3-12-10(16)17/h1-2,5-6,12-13H,3-4,11H2,(H,16,17). The lowest BCUT2D eigenvalue weighted by Gasteiger charge is -2.07. The first-order valence-corrected chi connectivity index (χ1v) is 5.11. The molecule has 1 aromatic heterocycles. The van der Waals surface area contributed by atoms with Gasteiger partial charge in [-0.15, -0.1) is 0 Å². The normalized spacial score (nSPS) is 10.4. The van der Waals surface area contributed by atoms with Crippen LogP contribution in [0.4, 0.5) is 10.5 Å². The lowest BCUT2D eigenvalue weighted by molar-refractivity contribution is 0.195. The summed E-state index contributed by atoms with van der Waals surface area (Å²) in [6, 6.07) is 5.48. The summed E-state index contributed by atoms with van der Waals surface area (Å²) in [5.41, 5.74) is 10.2. The van der Waals surface area contributed by atoms with Crippen molar-refractivity contribution in [3.63, 3.8) is 0 Å². The fourth-order valence-corrected chi connectivity index (χ4v) is 1.51. The Morgan fingerprint density at radius 3 is 3.06 bits per heavy atom. The third-order valence-electron chi connectivity index (χ3n) is 2.25. The fraction of sp³-hybridized carbons (Fsp3) is 0.200. The van der Waals surface area contributed by atoms with Crippen molar-refractivity contribution in [3.8, 4) is 0 Å². The van der Waals surface area contributed by atoms with Crippen LogP contribution in [-0.2, 0) is 0 Å². The summed E-state index contributed by atoms with van der Waals surface area (Å²) in [6.07, 6.45) is 0.661. The molecule has 90 valence electrons. The molecule has 5 N–H and O–H groups in total. The molecule has 1 amide bonds. The van der Waals surface area contributed by atoms with E-state index >= 15 is 0 Å². The van der Waals surface area contributed by atoms with Gasteiger partial charge in [-0.1, -0.05) is 0 Å². The van der Waals surface area contributed by atoms with E-state index in [1.54, 1.807) is 17.1 Å². The summed E-state index contributed by atoms with van der Waals surface area (Å²) in [4.78, 5) is 11.8. The van der Waals surface area contributed by atoms with Gasteiger partial charge in [0.2, 0.25) is 0 Å². The first kappa shape index (κ1) is 11.1. The van der Waals surface area contributed by atoms with Crippen LogP contribution in [0.15, 0.2) is 24.4 Å². The quantitative estimate of drug-likeness (QED) is 0.454. The Labute approximate surface area is 97.2 Å². The number of nitrogens with zero attached hydrogens (tertiary/aromatic N) is 2. The fourth-order valence-electron chi connectivity index (χ4n) is 1.51. The smallest absolute Gasteiger partial charge is 0.404 e. The molecule has 1 aromatic carbocycles. The van der Waals surface area contributed by atoms with Crippen molar-refractivity contribution in [2.45, 2.75) is 0 Å². The molecule has 7 heteroatoms. The van der Waals surface area contributed by atoms with E-state index in [2.05, 4.69) is 15.8 Å². The molecule has 0 saturated carbocycles. The topological polar surface area (TPSA) is 105 Å². The van der Waals surface area contributed by atoms with Crippen LogP contribution in [0.1, 0.15) is 0 Å². The van der Waals surface area contributed by atoms with Gasteiger partial charge in [-0.2, -0.15) is 9.89 Å². The van der Waals surface area contributed by atoms with Crippen molar-refractivity contribution in [1.29, 1.82) is 0 Å². The van der Waals surface area contributed by atoms with Gasteiger partial charge in [0, 0.05) is 17.6 Å². The molecule has 0 bridgehead atoms. The maximum Gasteiger partial charge on any atom is 0.404 e. The predicted molar refractivity (Wildman–Crippen MR) is 64.4 cm³/mol. The van der Waals surface area contributed by atoms with Crippen molar-refractivity contribution < 1.29 is 9.90 Å². The highest BCUT2D eigenvalue weighted by molar-refractivity contribution is 5.82. The zero-order chi connectivity index (χ0) is 12.3. The highest BCUT2D eigenvalue weighted by atomic mass is 16.4. The number of benzene rings is 1. The molecule has 17 heavy (non-hydrogen) atoms. The zero-order valence-electron chi connectivity index (χ0n) is 9.05. The average Bonchev–Trinajstić information content (AvgIpc) is 2.66. The second-order valence-electron chi connectivity index (χ2n) is 3.51. The average molecular weight is 235 g/mol. The summed E-state index contributed by atoms with van der Waals surface area (Å²) in [6.45, 7) is 0.763. The highest BCUT2D eigenvalue weighted by Gasteiger charge is 2.02. The van der Waals surface area contributed by atoms with E-state index in [-0.39, 0.29) is 0 Å². The summed E-state index contributed by atoms with van der Waals surface area (Å²) < 4.78 is 0. The van der Waals surface area contributed by atoms with Crippen LogP contribution in [0.5, 0.6) is 0 Å². The minimum absolute atomic E-state index is 0.311. The minimum atomic E-state index is -1.04. The third kappa shape index (κ3) is 2.57. The van der Waals surface area contributed by atoms with E-state index in [0.29, 0.717) is 18.8 Å². The molecule has 0 fully saturated rings. The van der Waals surface area contributed by atoms with Gasteiger partial charge >= 0.3 is 6.09 Å². The van der Waals surface area contributed by atoms with Crippen LogP contribution in [0.25, 0.3) is 10.9 Å². The molecule has 0 aliphatic rings. The Bertz CT molecular complexity index is 536. The molecule has 7 nitrogen and oxygen atoms in total. The van der Waals surface area contributed by atoms with E-state index in [1.165, 1.54) is 0 Å². The minimum Gasteiger partial charge on any atom is -0.465 e. The van der Waals surface area contributed by atoms with Gasteiger partial charge in [0.15, 0.2) is 0 Å². The predicted octanol–water partition coefficient (Wildman–Crippen LogP) is 0.430. The van der Waals surface area contributed by atoms with Gasteiger partial charge in [0.25, 0.3) is 0 Å². The van der Waals surface area contributed by atoms with Crippen LogP contribution in [0.2, 0.25) is 0 Å². The molecule has 0 unspecified atom stereocenters. The van der Waals surface area contributed by atoms with E-state index in [1.807, 2.05) is 12.1 Å². The van der Waals surface area contributed by atoms with Crippen LogP contribution in [-0.4, -0.2) is 34.2 Å². The number of carbonyl (C=O) groups is 1. The summed E-state index contributed by atoms with van der Waals surface area (Å²) in [5, 5.41) is 15.7. The number of hydrogen-bond acceptors (Lipinski definition) is 4. The van der Waals surface area contributed by atoms with Crippen LogP contribution in [0.3, 0.4) is 0 Å². The number of nitrogen functional groups attached to an aromatic ring is 1. The molecular formula is C10H13N5O2. The number of anilines is 1. The maximum absolute atomic E-state index is 10.2. The van der Waals surface area contributed by atoms with Crippen LogP contribution < -0.4 is 16.5 Å². The van der Waals surface area contributed by atoms with Crippen molar-refractivity contribution in [3.05, 3.63) is 24.4 Å². The maximum atomic E-state index is 10.2. The van der Waals surface area contributed by atoms with Crippen molar-refractivity contribution >= 4 is 22.7 Å². The molecule has 0 saturated heterocycles. The van der Waals surface area contributed by atoms with E-state index in [4.69, 9.17) is 10.8 Å². The van der Waals surface area contributed by atoms with E-state index in [9.17, 15) is 4.79 Å². The molecule has 0 aliphatic carbocycles. The summed E-state index contributed by atoms with van der Waals surface area (Å²) in [7, 11) is 0. The van der Waals surface area contributed by atoms with Gasteiger partial charge in [-0.05, 0) is 18.2 Å². The SMILES string of the molecule is Nc1ccc2c(cnn2NCCNC(=O)O)c1. The summed E-state index contributed by atoms with van der Waals surface area (Å²) in [5.74, 6) is 0. The second kappa shape index (κ2) is 4.60. The number of carboxylic acid groups (broad SMARTS) is 1. The largest absolute Gasteiger partial charge is 0.465 e. The van der Waals surface area contributed by atoms with Gasteiger partial charge < -0.3 is 21.6 Å². The number of aromatic nitrogens is 2. The number of rotatable bonds is 4. The number of hydrogen-bond donors (Lipinski definition) is 4. The molecule has 0 spiro atoms. The lowest BCUT2D eigenvalue weighted by atomic mass is 10.2. The Morgan fingerprint density at radius 1 is 1.47 bits per heavy atom. The first-order valence-electron chi connectivity index (χ1n) is 5.11. The van der Waals surface area contributed by atoms with Crippen LogP contribution in [0, 0.1) is 0 Å². The molecule has 2 rings (SSSR count). The third-order valence-corrected chi connectivity index (χ3v) is 2.25. The Balaban J connectivity index is 2.01. The van der Waals surface area contributed by atoms with Gasteiger partial charge in [0.05, 0.1) is 18.3 Å². The first-order chi connectivity index (χ1) is 8.16. The van der Waals surface area contributed by atoms with Gasteiger partial charge in [-0.25, -0.2) is 4.79 Å². The molecule has 0 aliphatic heterocycles. The zero-order valence-corrected chi connectivity index (χ0v) is 9.05. The molecule has 0 atom stereocenters. The number of nitrogens with one attached hydrogen (secondary N) is 2. The molecule has 0 radical (unpaired) electrons. The van der Waals surface area contributed by atoms with Crippen molar-refractivity contribution in [1.82, 2.24) is 15.2 Å². The Hall–Kier alpha value is -2.44. The van der Waals surface area contributed by atoms with Crippen LogP contribution >= 0.6 is 0 Å². The molecule has 2 aromatic rings. The Kier molecular flexibility index (Phi) is 2.99. The van der Waals surface area contributed by atoms with E-state index in [0.717, 1.165) is 10.9 Å². The molecule has 1 heterocycles. The van der Waals surface area contributed by atoms with Crippen molar-refractivity contribution in [2.24, 2.45) is 0 Å². The Morgan fingerprint density at radius 2 is 2.29 bits per heavy atom. The van der Waals surface area contributed by atoms with Gasteiger partial charge in [-0.3, -0.25) is 0 Å². The second-order valence-corrected chi connectivity index (χ2v) is 3.51. The number of amides is 1. The lowest BCUT2D eigenvalue weighted by Crippen LogP contribution is -2.30. The number of nitrogens with two attached hydrogens (primary N) is 1. The van der Waals surface area contributed by atoms with Gasteiger partial charge in [0.1, 0.15) is 0 Å². The highest BCUT2D eigenvalue weighted by Crippen LogP contribution is 2.15. The van der Waals surface area contributed by atoms with E-state index < -0.39 is 6.09 Å².